The van der Waals surface area contributed by atoms with Crippen LogP contribution in [-0.4, -0.2) is 30.9 Å². The van der Waals surface area contributed by atoms with E-state index in [1.807, 2.05) is 18.2 Å². The number of amidine groups is 1. The molecule has 0 bridgehead atoms. The molecule has 0 aromatic heterocycles. The zero-order valence-electron chi connectivity index (χ0n) is 11.5. The van der Waals surface area contributed by atoms with Gasteiger partial charge in [-0.15, -0.1) is 0 Å². The summed E-state index contributed by atoms with van der Waals surface area (Å²) < 4.78 is 5.37. The van der Waals surface area contributed by atoms with Crippen molar-refractivity contribution < 1.29 is 4.74 Å². The Balaban J connectivity index is 2.96. The summed E-state index contributed by atoms with van der Waals surface area (Å²) in [5, 5.41) is 7.49. The average molecular weight is 249 g/mol. The summed E-state index contributed by atoms with van der Waals surface area (Å²) in [6.07, 6.45) is 1.13. The Hall–Kier alpha value is -1.55. The SMILES string of the molecule is CCCN(CC)Cc1cc(C(=N)N)ccc1OC. The molecule has 1 aromatic rings. The van der Waals surface area contributed by atoms with Gasteiger partial charge in [0.15, 0.2) is 0 Å². The van der Waals surface area contributed by atoms with E-state index in [2.05, 4.69) is 18.7 Å². The third-order valence-electron chi connectivity index (χ3n) is 2.97. The molecule has 0 fully saturated rings. The fourth-order valence-electron chi connectivity index (χ4n) is 1.98. The van der Waals surface area contributed by atoms with Crippen molar-refractivity contribution in [3.8, 4) is 5.75 Å². The van der Waals surface area contributed by atoms with Gasteiger partial charge in [-0.2, -0.15) is 0 Å². The standard InChI is InChI=1S/C14H23N3O/c1-4-8-17(5-2)10-12-9-11(14(15)16)6-7-13(12)18-3/h6-7,9H,4-5,8,10H2,1-3H3,(H3,15,16). The van der Waals surface area contributed by atoms with Gasteiger partial charge in [0.05, 0.1) is 7.11 Å². The normalized spacial score (nSPS) is 10.7. The molecule has 0 saturated heterocycles. The first-order valence-electron chi connectivity index (χ1n) is 6.36. The van der Waals surface area contributed by atoms with Crippen LogP contribution in [0.5, 0.6) is 5.75 Å². The fraction of sp³-hybridized carbons (Fsp3) is 0.500. The largest absolute Gasteiger partial charge is 0.496 e. The predicted molar refractivity (Wildman–Crippen MR) is 75.3 cm³/mol. The number of ether oxygens (including phenoxy) is 1. The highest BCUT2D eigenvalue weighted by atomic mass is 16.5. The highest BCUT2D eigenvalue weighted by Crippen LogP contribution is 2.21. The summed E-state index contributed by atoms with van der Waals surface area (Å²) in [6, 6.07) is 5.64. The molecule has 0 aliphatic carbocycles. The summed E-state index contributed by atoms with van der Waals surface area (Å²) in [4.78, 5) is 2.35. The Morgan fingerprint density at radius 1 is 1.39 bits per heavy atom. The van der Waals surface area contributed by atoms with Crippen LogP contribution in [0.2, 0.25) is 0 Å². The van der Waals surface area contributed by atoms with E-state index in [9.17, 15) is 0 Å². The second-order valence-corrected chi connectivity index (χ2v) is 4.31. The lowest BCUT2D eigenvalue weighted by atomic mass is 10.1. The number of hydrogen-bond acceptors (Lipinski definition) is 3. The van der Waals surface area contributed by atoms with Crippen molar-refractivity contribution in [2.45, 2.75) is 26.8 Å². The summed E-state index contributed by atoms with van der Waals surface area (Å²) in [7, 11) is 1.67. The molecule has 0 aliphatic heterocycles. The minimum Gasteiger partial charge on any atom is -0.496 e. The van der Waals surface area contributed by atoms with Gasteiger partial charge < -0.3 is 10.5 Å². The van der Waals surface area contributed by atoms with Gasteiger partial charge in [-0.3, -0.25) is 10.3 Å². The first-order valence-corrected chi connectivity index (χ1v) is 6.36. The number of nitrogens with zero attached hydrogens (tertiary/aromatic N) is 1. The Morgan fingerprint density at radius 2 is 2.11 bits per heavy atom. The van der Waals surface area contributed by atoms with Crippen LogP contribution >= 0.6 is 0 Å². The lowest BCUT2D eigenvalue weighted by molar-refractivity contribution is 0.275. The van der Waals surface area contributed by atoms with Gasteiger partial charge in [0, 0.05) is 17.7 Å². The quantitative estimate of drug-likeness (QED) is 0.575. The molecule has 100 valence electrons. The second kappa shape index (κ2) is 7.01. The highest BCUT2D eigenvalue weighted by Gasteiger charge is 2.09. The van der Waals surface area contributed by atoms with Crippen molar-refractivity contribution in [2.75, 3.05) is 20.2 Å². The van der Waals surface area contributed by atoms with Crippen molar-refractivity contribution in [3.05, 3.63) is 29.3 Å². The number of nitrogens with one attached hydrogen (secondary N) is 1. The van der Waals surface area contributed by atoms with Gasteiger partial charge in [-0.1, -0.05) is 13.8 Å². The first kappa shape index (κ1) is 14.5. The van der Waals surface area contributed by atoms with E-state index in [1.165, 1.54) is 0 Å². The number of nitrogens with two attached hydrogens (primary N) is 1. The summed E-state index contributed by atoms with van der Waals surface area (Å²) >= 11 is 0. The molecule has 1 rings (SSSR count). The first-order chi connectivity index (χ1) is 8.62. The van der Waals surface area contributed by atoms with Gasteiger partial charge in [0.25, 0.3) is 0 Å². The molecule has 0 saturated carbocycles. The van der Waals surface area contributed by atoms with E-state index in [0.29, 0.717) is 0 Å². The van der Waals surface area contributed by atoms with E-state index >= 15 is 0 Å². The summed E-state index contributed by atoms with van der Waals surface area (Å²) in [5.41, 5.74) is 7.36. The lowest BCUT2D eigenvalue weighted by Crippen LogP contribution is -2.24. The van der Waals surface area contributed by atoms with Crippen LogP contribution < -0.4 is 10.5 Å². The average Bonchev–Trinajstić information content (AvgIpc) is 2.37. The molecule has 18 heavy (non-hydrogen) atoms. The third kappa shape index (κ3) is 3.74. The van der Waals surface area contributed by atoms with E-state index in [0.717, 1.165) is 42.9 Å². The smallest absolute Gasteiger partial charge is 0.123 e. The maximum absolute atomic E-state index is 7.49. The van der Waals surface area contributed by atoms with E-state index in [4.69, 9.17) is 15.9 Å². The molecule has 4 nitrogen and oxygen atoms in total. The Morgan fingerprint density at radius 3 is 2.61 bits per heavy atom. The van der Waals surface area contributed by atoms with E-state index < -0.39 is 0 Å². The monoisotopic (exact) mass is 249 g/mol. The maximum Gasteiger partial charge on any atom is 0.123 e. The maximum atomic E-state index is 7.49. The fourth-order valence-corrected chi connectivity index (χ4v) is 1.98. The minimum atomic E-state index is 0.0949. The van der Waals surface area contributed by atoms with Gasteiger partial charge in [0.1, 0.15) is 11.6 Å². The van der Waals surface area contributed by atoms with Crippen molar-refractivity contribution in [1.82, 2.24) is 4.90 Å². The van der Waals surface area contributed by atoms with Crippen molar-refractivity contribution in [3.63, 3.8) is 0 Å². The number of methoxy groups -OCH3 is 1. The number of hydrogen-bond donors (Lipinski definition) is 2. The number of nitrogen functional groups attached to an aromatic ring is 1. The molecular formula is C14H23N3O. The van der Waals surface area contributed by atoms with Crippen LogP contribution in [0.1, 0.15) is 31.4 Å². The van der Waals surface area contributed by atoms with Crippen molar-refractivity contribution >= 4 is 5.84 Å². The molecule has 0 heterocycles. The van der Waals surface area contributed by atoms with Crippen LogP contribution in [0.25, 0.3) is 0 Å². The van der Waals surface area contributed by atoms with Crippen molar-refractivity contribution in [1.29, 1.82) is 5.41 Å². The highest BCUT2D eigenvalue weighted by molar-refractivity contribution is 5.95. The zero-order valence-corrected chi connectivity index (χ0v) is 11.5. The Labute approximate surface area is 109 Å². The molecule has 0 amide bonds. The summed E-state index contributed by atoms with van der Waals surface area (Å²) in [5.74, 6) is 0.951. The molecule has 0 atom stereocenters. The molecule has 0 radical (unpaired) electrons. The summed E-state index contributed by atoms with van der Waals surface area (Å²) in [6.45, 7) is 7.21. The van der Waals surface area contributed by atoms with Gasteiger partial charge >= 0.3 is 0 Å². The topological polar surface area (TPSA) is 62.3 Å². The predicted octanol–water partition coefficient (Wildman–Crippen LogP) is 2.21. The minimum absolute atomic E-state index is 0.0949. The molecular weight excluding hydrogens is 226 g/mol. The Kier molecular flexibility index (Phi) is 5.65. The molecule has 4 heteroatoms. The van der Waals surface area contributed by atoms with Crippen LogP contribution in [0.3, 0.4) is 0 Å². The zero-order chi connectivity index (χ0) is 13.5. The van der Waals surface area contributed by atoms with Crippen LogP contribution in [-0.2, 0) is 6.54 Å². The molecule has 0 spiro atoms. The lowest BCUT2D eigenvalue weighted by Gasteiger charge is -2.21. The third-order valence-corrected chi connectivity index (χ3v) is 2.97. The van der Waals surface area contributed by atoms with Crippen molar-refractivity contribution in [2.24, 2.45) is 5.73 Å². The van der Waals surface area contributed by atoms with E-state index in [1.54, 1.807) is 7.11 Å². The van der Waals surface area contributed by atoms with Gasteiger partial charge in [0.2, 0.25) is 0 Å². The molecule has 0 unspecified atom stereocenters. The second-order valence-electron chi connectivity index (χ2n) is 4.31. The van der Waals surface area contributed by atoms with Crippen LogP contribution in [0.4, 0.5) is 0 Å². The number of benzene rings is 1. The van der Waals surface area contributed by atoms with Crippen LogP contribution in [0.15, 0.2) is 18.2 Å². The number of rotatable bonds is 7. The van der Waals surface area contributed by atoms with E-state index in [-0.39, 0.29) is 5.84 Å². The molecule has 1 aromatic carbocycles. The van der Waals surface area contributed by atoms with Gasteiger partial charge in [-0.25, -0.2) is 0 Å². The molecule has 3 N–H and O–H groups in total. The molecule has 0 aliphatic rings. The van der Waals surface area contributed by atoms with Gasteiger partial charge in [-0.05, 0) is 37.7 Å². The van der Waals surface area contributed by atoms with Crippen LogP contribution in [0, 0.1) is 5.41 Å². The Bertz CT molecular complexity index is 404.